The number of carbonyl (C=O) groups is 2. The highest BCUT2D eigenvalue weighted by molar-refractivity contribution is 7.85. The van der Waals surface area contributed by atoms with Gasteiger partial charge in [0.2, 0.25) is 0 Å². The van der Waals surface area contributed by atoms with Crippen LogP contribution < -0.4 is 0 Å². The van der Waals surface area contributed by atoms with Gasteiger partial charge < -0.3 is 14.5 Å². The van der Waals surface area contributed by atoms with Crippen molar-refractivity contribution in [1.82, 2.24) is 4.98 Å². The molecule has 8 nitrogen and oxygen atoms in total. The van der Waals surface area contributed by atoms with Gasteiger partial charge in [0.25, 0.3) is 10.1 Å². The minimum Gasteiger partial charge on any atom is -0.465 e. The molecule has 0 spiro atoms. The molecule has 0 atom stereocenters. The van der Waals surface area contributed by atoms with Gasteiger partial charge in [0, 0.05) is 5.69 Å². The van der Waals surface area contributed by atoms with Crippen LogP contribution in [0.5, 0.6) is 0 Å². The van der Waals surface area contributed by atoms with E-state index in [0.717, 1.165) is 6.26 Å². The maximum Gasteiger partial charge on any atom is 0.355 e. The molecule has 0 unspecified atom stereocenters. The maximum absolute atomic E-state index is 12.3. The van der Waals surface area contributed by atoms with Gasteiger partial charge in [-0.05, 0) is 46.1 Å². The molecule has 142 valence electrons. The van der Waals surface area contributed by atoms with Crippen LogP contribution in [0.1, 0.15) is 59.3 Å². The van der Waals surface area contributed by atoms with Crippen LogP contribution in [-0.4, -0.2) is 50.9 Å². The van der Waals surface area contributed by atoms with Crippen molar-refractivity contribution in [2.45, 2.75) is 46.1 Å². The predicted molar refractivity (Wildman–Crippen MR) is 91.2 cm³/mol. The Hall–Kier alpha value is -1.87. The number of rotatable bonds is 7. The van der Waals surface area contributed by atoms with Crippen molar-refractivity contribution in [3.63, 3.8) is 0 Å². The molecule has 0 fully saturated rings. The number of hydrogen-bond acceptors (Lipinski definition) is 7. The minimum atomic E-state index is -3.52. The molecular formula is C16H25NO7S. The quantitative estimate of drug-likeness (QED) is 0.440. The van der Waals surface area contributed by atoms with E-state index in [0.29, 0.717) is 24.1 Å². The van der Waals surface area contributed by atoms with E-state index in [4.69, 9.17) is 9.47 Å². The zero-order valence-electron chi connectivity index (χ0n) is 15.4. The maximum atomic E-state index is 12.3. The molecule has 0 aliphatic heterocycles. The van der Waals surface area contributed by atoms with Gasteiger partial charge in [-0.15, -0.1) is 0 Å². The van der Waals surface area contributed by atoms with Gasteiger partial charge in [-0.1, -0.05) is 0 Å². The fourth-order valence-corrected chi connectivity index (χ4v) is 2.64. The topological polar surface area (TPSA) is 112 Å². The molecule has 0 radical (unpaired) electrons. The fourth-order valence-electron chi connectivity index (χ4n) is 2.22. The molecule has 25 heavy (non-hydrogen) atoms. The normalized spacial score (nSPS) is 12.1. The number of aromatic nitrogens is 1. The molecule has 0 aliphatic carbocycles. The van der Waals surface area contributed by atoms with Crippen molar-refractivity contribution < 1.29 is 31.7 Å². The molecule has 1 heterocycles. The number of hydrogen-bond donors (Lipinski definition) is 1. The van der Waals surface area contributed by atoms with E-state index < -0.39 is 27.7 Å². The molecular weight excluding hydrogens is 350 g/mol. The first-order chi connectivity index (χ1) is 11.4. The zero-order chi connectivity index (χ0) is 19.4. The predicted octanol–water partition coefficient (Wildman–Crippen LogP) is 1.97. The lowest BCUT2D eigenvalue weighted by atomic mass is 10.1. The number of aryl methyl sites for hydroxylation is 1. The van der Waals surface area contributed by atoms with Crippen LogP contribution >= 0.6 is 0 Å². The highest BCUT2D eigenvalue weighted by Crippen LogP contribution is 2.23. The zero-order valence-corrected chi connectivity index (χ0v) is 16.2. The van der Waals surface area contributed by atoms with Gasteiger partial charge in [-0.2, -0.15) is 8.42 Å². The second-order valence-corrected chi connectivity index (χ2v) is 8.25. The highest BCUT2D eigenvalue weighted by Gasteiger charge is 2.27. The summed E-state index contributed by atoms with van der Waals surface area (Å²) in [6.45, 7) is 6.83. The number of methoxy groups -OCH3 is 1. The lowest BCUT2D eigenvalue weighted by Gasteiger charge is -2.19. The molecule has 0 aromatic carbocycles. The third kappa shape index (κ3) is 6.50. The van der Waals surface area contributed by atoms with E-state index in [9.17, 15) is 18.0 Å². The monoisotopic (exact) mass is 375 g/mol. The Morgan fingerprint density at radius 3 is 2.24 bits per heavy atom. The summed E-state index contributed by atoms with van der Waals surface area (Å²) in [6.07, 6.45) is 1.61. The van der Waals surface area contributed by atoms with E-state index in [1.165, 1.54) is 7.11 Å². The average molecular weight is 375 g/mol. The number of ether oxygens (including phenoxy) is 2. The lowest BCUT2D eigenvalue weighted by Crippen LogP contribution is -2.24. The van der Waals surface area contributed by atoms with Gasteiger partial charge >= 0.3 is 11.9 Å². The number of esters is 2. The van der Waals surface area contributed by atoms with Gasteiger partial charge in [0.1, 0.15) is 11.3 Å². The van der Waals surface area contributed by atoms with Crippen LogP contribution in [0, 0.1) is 6.92 Å². The smallest absolute Gasteiger partial charge is 0.355 e. The van der Waals surface area contributed by atoms with E-state index in [1.807, 2.05) is 0 Å². The third-order valence-corrected chi connectivity index (χ3v) is 3.78. The number of H-pyrrole nitrogens is 1. The molecule has 9 heteroatoms. The van der Waals surface area contributed by atoms with Crippen molar-refractivity contribution in [3.05, 3.63) is 22.5 Å². The SMILES string of the molecule is COC(=O)c1c(CCCOS(C)(=O)=O)[nH]c(C(=O)OC(C)(C)C)c1C. The average Bonchev–Trinajstić information content (AvgIpc) is 2.77. The molecule has 1 aromatic heterocycles. The molecule has 0 bridgehead atoms. The van der Waals surface area contributed by atoms with Crippen molar-refractivity contribution in [3.8, 4) is 0 Å². The number of nitrogens with one attached hydrogen (secondary N) is 1. The molecule has 0 amide bonds. The first-order valence-corrected chi connectivity index (χ1v) is 9.55. The van der Waals surface area contributed by atoms with Crippen LogP contribution in [0.2, 0.25) is 0 Å². The highest BCUT2D eigenvalue weighted by atomic mass is 32.2. The Kier molecular flexibility index (Phi) is 6.78. The summed E-state index contributed by atoms with van der Waals surface area (Å²) in [7, 11) is -2.27. The first-order valence-electron chi connectivity index (χ1n) is 7.73. The van der Waals surface area contributed by atoms with Gasteiger partial charge in [0.05, 0.1) is 25.5 Å². The Bertz CT molecular complexity index is 741. The molecule has 0 saturated carbocycles. The Morgan fingerprint density at radius 2 is 1.76 bits per heavy atom. The number of carbonyl (C=O) groups excluding carboxylic acids is 2. The molecule has 0 aliphatic rings. The van der Waals surface area contributed by atoms with E-state index in [1.54, 1.807) is 27.7 Å². The summed E-state index contributed by atoms with van der Waals surface area (Å²) in [6, 6.07) is 0. The van der Waals surface area contributed by atoms with E-state index >= 15 is 0 Å². The third-order valence-electron chi connectivity index (χ3n) is 3.19. The van der Waals surface area contributed by atoms with E-state index in [-0.39, 0.29) is 17.9 Å². The summed E-state index contributed by atoms with van der Waals surface area (Å²) >= 11 is 0. The van der Waals surface area contributed by atoms with Crippen LogP contribution in [0.25, 0.3) is 0 Å². The fraction of sp³-hybridized carbons (Fsp3) is 0.625. The standard InChI is InChI=1S/C16H25NO7S/c1-10-12(14(18)22-5)11(8-7-9-23-25(6,20)21)17-13(10)15(19)24-16(2,3)4/h17H,7-9H2,1-6H3. The largest absolute Gasteiger partial charge is 0.465 e. The van der Waals surface area contributed by atoms with Crippen molar-refractivity contribution >= 4 is 22.1 Å². The Labute approximate surface area is 148 Å². The first kappa shape index (κ1) is 21.2. The summed E-state index contributed by atoms with van der Waals surface area (Å²) < 4.78 is 36.7. The summed E-state index contributed by atoms with van der Waals surface area (Å²) in [5.41, 5.74) is 0.656. The molecule has 0 saturated heterocycles. The van der Waals surface area contributed by atoms with Crippen molar-refractivity contribution in [1.29, 1.82) is 0 Å². The van der Waals surface area contributed by atoms with E-state index in [2.05, 4.69) is 9.17 Å². The van der Waals surface area contributed by atoms with Crippen molar-refractivity contribution in [2.24, 2.45) is 0 Å². The molecule has 1 rings (SSSR count). The van der Waals surface area contributed by atoms with Gasteiger partial charge in [0.15, 0.2) is 0 Å². The lowest BCUT2D eigenvalue weighted by molar-refractivity contribution is 0.00625. The minimum absolute atomic E-state index is 0.0285. The van der Waals surface area contributed by atoms with Crippen LogP contribution in [0.3, 0.4) is 0 Å². The summed E-state index contributed by atoms with van der Waals surface area (Å²) in [5, 5.41) is 0. The molecule has 1 N–H and O–H groups in total. The summed E-state index contributed by atoms with van der Waals surface area (Å²) in [5.74, 6) is -1.16. The second-order valence-electron chi connectivity index (χ2n) is 6.60. The number of aromatic amines is 1. The Balaban J connectivity index is 3.04. The van der Waals surface area contributed by atoms with Crippen LogP contribution in [-0.2, 0) is 30.2 Å². The van der Waals surface area contributed by atoms with Gasteiger partial charge in [-0.25, -0.2) is 9.59 Å². The van der Waals surface area contributed by atoms with Crippen LogP contribution in [0.4, 0.5) is 0 Å². The van der Waals surface area contributed by atoms with Gasteiger partial charge in [-0.3, -0.25) is 4.18 Å². The summed E-state index contributed by atoms with van der Waals surface area (Å²) in [4.78, 5) is 27.3. The Morgan fingerprint density at radius 1 is 1.16 bits per heavy atom. The van der Waals surface area contributed by atoms with Crippen LogP contribution in [0.15, 0.2) is 0 Å². The van der Waals surface area contributed by atoms with Crippen molar-refractivity contribution in [2.75, 3.05) is 20.0 Å². The second kappa shape index (κ2) is 8.01. The molecule has 1 aromatic rings.